The van der Waals surface area contributed by atoms with Gasteiger partial charge in [0.2, 0.25) is 12.3 Å². The summed E-state index contributed by atoms with van der Waals surface area (Å²) < 4.78 is 1.71. The van der Waals surface area contributed by atoms with Crippen molar-refractivity contribution in [1.29, 1.82) is 0 Å². The Kier molecular flexibility index (Phi) is 6.26. The van der Waals surface area contributed by atoms with Gasteiger partial charge in [0.05, 0.1) is 5.56 Å². The van der Waals surface area contributed by atoms with Gasteiger partial charge in [-0.1, -0.05) is 11.6 Å². The summed E-state index contributed by atoms with van der Waals surface area (Å²) in [5, 5.41) is 12.0. The molecule has 0 bridgehead atoms. The molecule has 0 aliphatic carbocycles. The Morgan fingerprint density at radius 1 is 1.04 bits per heavy atom. The highest BCUT2D eigenvalue weighted by Crippen LogP contribution is 2.10. The normalized spacial score (nSPS) is 10.3. The van der Waals surface area contributed by atoms with Gasteiger partial charge >= 0.3 is 0 Å². The molecule has 23 heavy (non-hydrogen) atoms. The molecule has 5 nitrogen and oxygen atoms in total. The summed E-state index contributed by atoms with van der Waals surface area (Å²) >= 11 is 5.80. The van der Waals surface area contributed by atoms with Crippen LogP contribution in [0.5, 0.6) is 0 Å². The summed E-state index contributed by atoms with van der Waals surface area (Å²) in [4.78, 5) is 24.0. The lowest BCUT2D eigenvalue weighted by Gasteiger charge is -2.03. The van der Waals surface area contributed by atoms with E-state index in [-0.39, 0.29) is 24.8 Å². The van der Waals surface area contributed by atoms with E-state index >= 15 is 0 Å². The summed E-state index contributed by atoms with van der Waals surface area (Å²) in [5.41, 5.74) is 1.10. The topological polar surface area (TPSA) is 70.3 Å². The number of rotatable bonds is 7. The second kappa shape index (κ2) is 8.41. The summed E-state index contributed by atoms with van der Waals surface area (Å²) in [6, 6.07) is 10.0. The van der Waals surface area contributed by atoms with Gasteiger partial charge in [-0.15, -0.1) is 0 Å². The molecule has 0 aliphatic heterocycles. The van der Waals surface area contributed by atoms with Crippen LogP contribution in [0.4, 0.5) is 0 Å². The SMILES string of the molecule is O=C(C[n+]1ccc(C(=O)NCCCO)cc1)c1ccc(Cl)cc1. The van der Waals surface area contributed by atoms with E-state index in [9.17, 15) is 9.59 Å². The van der Waals surface area contributed by atoms with Crippen LogP contribution in [-0.2, 0) is 6.54 Å². The predicted molar refractivity (Wildman–Crippen MR) is 86.5 cm³/mol. The fraction of sp³-hybridized carbons (Fsp3) is 0.235. The van der Waals surface area contributed by atoms with Crippen molar-refractivity contribution in [3.8, 4) is 0 Å². The molecular weight excluding hydrogens is 316 g/mol. The monoisotopic (exact) mass is 333 g/mol. The van der Waals surface area contributed by atoms with Crippen LogP contribution in [0.2, 0.25) is 5.02 Å². The molecule has 2 N–H and O–H groups in total. The molecule has 2 rings (SSSR count). The lowest BCUT2D eigenvalue weighted by atomic mass is 10.1. The minimum Gasteiger partial charge on any atom is -0.396 e. The highest BCUT2D eigenvalue weighted by molar-refractivity contribution is 6.30. The van der Waals surface area contributed by atoms with Crippen LogP contribution in [-0.4, -0.2) is 29.9 Å². The number of hydrogen-bond acceptors (Lipinski definition) is 3. The number of aliphatic hydroxyl groups is 1. The molecule has 0 saturated heterocycles. The van der Waals surface area contributed by atoms with Crippen molar-refractivity contribution in [2.24, 2.45) is 0 Å². The maximum atomic E-state index is 12.2. The molecule has 0 fully saturated rings. The number of carbonyl (C=O) groups excluding carboxylic acids is 2. The molecule has 1 heterocycles. The van der Waals surface area contributed by atoms with Crippen molar-refractivity contribution in [2.75, 3.05) is 13.2 Å². The lowest BCUT2D eigenvalue weighted by molar-refractivity contribution is -0.683. The Morgan fingerprint density at radius 2 is 1.70 bits per heavy atom. The molecule has 1 aromatic carbocycles. The summed E-state index contributed by atoms with van der Waals surface area (Å²) in [6.07, 6.45) is 3.90. The standard InChI is InChI=1S/C17H17ClN2O3/c18-15-4-2-13(3-5-15)16(22)12-20-9-6-14(7-10-20)17(23)19-8-1-11-21/h2-7,9-10,21H,1,8,11-12H2/p+1. The highest BCUT2D eigenvalue weighted by Gasteiger charge is 2.13. The maximum absolute atomic E-state index is 12.2. The van der Waals surface area contributed by atoms with Crippen LogP contribution < -0.4 is 9.88 Å². The fourth-order valence-corrected chi connectivity index (χ4v) is 2.12. The summed E-state index contributed by atoms with van der Waals surface area (Å²) in [6.45, 7) is 0.662. The molecule has 0 saturated carbocycles. The Hall–Kier alpha value is -2.24. The number of pyridine rings is 1. The minimum absolute atomic E-state index is 0.0354. The molecule has 120 valence electrons. The van der Waals surface area contributed by atoms with E-state index in [0.29, 0.717) is 29.1 Å². The number of carbonyl (C=O) groups is 2. The van der Waals surface area contributed by atoms with E-state index in [1.54, 1.807) is 53.4 Å². The van der Waals surface area contributed by atoms with Crippen molar-refractivity contribution in [3.63, 3.8) is 0 Å². The van der Waals surface area contributed by atoms with Gasteiger partial charge < -0.3 is 10.4 Å². The molecule has 0 aliphatic rings. The van der Waals surface area contributed by atoms with Gasteiger partial charge in [-0.3, -0.25) is 9.59 Å². The zero-order chi connectivity index (χ0) is 16.7. The molecule has 1 amide bonds. The van der Waals surface area contributed by atoms with E-state index in [0.717, 1.165) is 0 Å². The quantitative estimate of drug-likeness (QED) is 0.459. The first-order valence-electron chi connectivity index (χ1n) is 7.27. The average molecular weight is 334 g/mol. The Labute approximate surface area is 139 Å². The van der Waals surface area contributed by atoms with E-state index in [2.05, 4.69) is 5.32 Å². The molecule has 6 heteroatoms. The van der Waals surface area contributed by atoms with Crippen molar-refractivity contribution < 1.29 is 19.3 Å². The van der Waals surface area contributed by atoms with Gasteiger partial charge in [-0.05, 0) is 30.7 Å². The third-order valence-electron chi connectivity index (χ3n) is 3.27. The number of halogens is 1. The molecule has 2 aromatic rings. The number of hydrogen-bond donors (Lipinski definition) is 2. The van der Waals surface area contributed by atoms with Crippen LogP contribution in [0.3, 0.4) is 0 Å². The van der Waals surface area contributed by atoms with Crippen LogP contribution in [0.1, 0.15) is 27.1 Å². The summed E-state index contributed by atoms with van der Waals surface area (Å²) in [5.74, 6) is -0.235. The third kappa shape index (κ3) is 5.16. The van der Waals surface area contributed by atoms with E-state index in [1.165, 1.54) is 0 Å². The van der Waals surface area contributed by atoms with Gasteiger partial charge in [0, 0.05) is 35.9 Å². The number of benzene rings is 1. The van der Waals surface area contributed by atoms with Gasteiger partial charge in [-0.25, -0.2) is 0 Å². The first-order valence-corrected chi connectivity index (χ1v) is 7.65. The molecule has 0 spiro atoms. The number of nitrogens with zero attached hydrogens (tertiary/aromatic N) is 1. The Bertz CT molecular complexity index is 669. The first-order chi connectivity index (χ1) is 11.1. The van der Waals surface area contributed by atoms with Crippen molar-refractivity contribution in [1.82, 2.24) is 5.32 Å². The second-order valence-corrected chi connectivity index (χ2v) is 5.46. The van der Waals surface area contributed by atoms with Gasteiger partial charge in [0.15, 0.2) is 12.4 Å². The molecular formula is C17H18ClN2O3+. The lowest BCUT2D eigenvalue weighted by Crippen LogP contribution is -2.37. The first kappa shape index (κ1) is 17.1. The molecule has 0 unspecified atom stereocenters. The predicted octanol–water partition coefficient (Wildman–Crippen LogP) is 1.62. The Morgan fingerprint density at radius 3 is 2.30 bits per heavy atom. The summed E-state index contributed by atoms with van der Waals surface area (Å²) in [7, 11) is 0. The smallest absolute Gasteiger partial charge is 0.251 e. The van der Waals surface area contributed by atoms with Gasteiger partial charge in [-0.2, -0.15) is 4.57 Å². The third-order valence-corrected chi connectivity index (χ3v) is 3.52. The zero-order valence-corrected chi connectivity index (χ0v) is 13.3. The highest BCUT2D eigenvalue weighted by atomic mass is 35.5. The molecule has 0 radical (unpaired) electrons. The van der Waals surface area contributed by atoms with Crippen molar-refractivity contribution in [3.05, 3.63) is 64.9 Å². The fourth-order valence-electron chi connectivity index (χ4n) is 1.99. The average Bonchev–Trinajstić information content (AvgIpc) is 2.56. The van der Waals surface area contributed by atoms with Crippen LogP contribution in [0.15, 0.2) is 48.8 Å². The molecule has 1 aromatic heterocycles. The Balaban J connectivity index is 1.95. The largest absolute Gasteiger partial charge is 0.396 e. The van der Waals surface area contributed by atoms with Crippen molar-refractivity contribution >= 4 is 23.3 Å². The van der Waals surface area contributed by atoms with Crippen LogP contribution >= 0.6 is 11.6 Å². The maximum Gasteiger partial charge on any atom is 0.251 e. The van der Waals surface area contributed by atoms with Crippen LogP contribution in [0.25, 0.3) is 0 Å². The van der Waals surface area contributed by atoms with E-state index in [4.69, 9.17) is 16.7 Å². The van der Waals surface area contributed by atoms with Gasteiger partial charge in [0.1, 0.15) is 0 Å². The number of aromatic nitrogens is 1. The minimum atomic E-state index is -0.199. The number of aliphatic hydroxyl groups excluding tert-OH is 1. The van der Waals surface area contributed by atoms with E-state index < -0.39 is 0 Å². The molecule has 0 atom stereocenters. The number of amides is 1. The number of ketones is 1. The van der Waals surface area contributed by atoms with Crippen LogP contribution in [0, 0.1) is 0 Å². The zero-order valence-electron chi connectivity index (χ0n) is 12.5. The van der Waals surface area contributed by atoms with E-state index in [1.807, 2.05) is 0 Å². The van der Waals surface area contributed by atoms with Crippen molar-refractivity contribution in [2.45, 2.75) is 13.0 Å². The number of Topliss-reactive ketones (excluding diaryl/α,β-unsaturated/α-hetero) is 1. The van der Waals surface area contributed by atoms with Gasteiger partial charge in [0.25, 0.3) is 5.91 Å². The number of nitrogens with one attached hydrogen (secondary N) is 1. The second-order valence-electron chi connectivity index (χ2n) is 5.02.